The summed E-state index contributed by atoms with van der Waals surface area (Å²) in [6.07, 6.45) is 0.772. The highest BCUT2D eigenvalue weighted by atomic mass is 32.2. The number of rotatable bonds is 7. The molecule has 1 aromatic rings. The summed E-state index contributed by atoms with van der Waals surface area (Å²) in [7, 11) is -3.32. The van der Waals surface area contributed by atoms with Gasteiger partial charge in [0, 0.05) is 18.7 Å². The minimum absolute atomic E-state index is 0.0662. The fraction of sp³-hybridized carbons (Fsp3) is 0.417. The number of nitrogens with one attached hydrogen (secondary N) is 2. The summed E-state index contributed by atoms with van der Waals surface area (Å²) in [4.78, 5) is 11.4. The minimum Gasteiger partial charge on any atom is -0.330 e. The van der Waals surface area contributed by atoms with E-state index in [9.17, 15) is 13.2 Å². The van der Waals surface area contributed by atoms with Gasteiger partial charge in [0.15, 0.2) is 0 Å². The van der Waals surface area contributed by atoms with E-state index in [2.05, 4.69) is 10.0 Å². The van der Waals surface area contributed by atoms with Crippen molar-refractivity contribution in [3.63, 3.8) is 0 Å². The lowest BCUT2D eigenvalue weighted by Crippen LogP contribution is -2.17. The SMILES string of the molecule is CCCS(=O)(=O)Nc1cccc(NC(=O)CCN)c1. The number of nitrogens with two attached hydrogens (primary N) is 1. The molecule has 6 nitrogen and oxygen atoms in total. The topological polar surface area (TPSA) is 101 Å². The highest BCUT2D eigenvalue weighted by Crippen LogP contribution is 2.16. The molecule has 0 aromatic heterocycles. The second-order valence-electron chi connectivity index (χ2n) is 4.09. The number of carbonyl (C=O) groups excluding carboxylic acids is 1. The molecule has 1 amide bonds. The first-order chi connectivity index (χ1) is 8.96. The van der Waals surface area contributed by atoms with Crippen LogP contribution in [0.15, 0.2) is 24.3 Å². The van der Waals surface area contributed by atoms with Crippen LogP contribution in [-0.2, 0) is 14.8 Å². The molecule has 1 rings (SSSR count). The number of carbonyl (C=O) groups is 1. The van der Waals surface area contributed by atoms with Crippen LogP contribution in [-0.4, -0.2) is 26.6 Å². The van der Waals surface area contributed by atoms with Crippen molar-refractivity contribution in [3.8, 4) is 0 Å². The largest absolute Gasteiger partial charge is 0.330 e. The normalized spacial score (nSPS) is 11.1. The Labute approximate surface area is 113 Å². The van der Waals surface area contributed by atoms with Gasteiger partial charge in [-0.15, -0.1) is 0 Å². The van der Waals surface area contributed by atoms with Crippen molar-refractivity contribution in [2.45, 2.75) is 19.8 Å². The Kier molecular flexibility index (Phi) is 5.78. The molecule has 0 heterocycles. The third kappa shape index (κ3) is 5.71. The lowest BCUT2D eigenvalue weighted by molar-refractivity contribution is -0.116. The molecule has 0 saturated carbocycles. The summed E-state index contributed by atoms with van der Waals surface area (Å²) < 4.78 is 25.7. The van der Waals surface area contributed by atoms with Gasteiger partial charge < -0.3 is 11.1 Å². The Balaban J connectivity index is 2.75. The van der Waals surface area contributed by atoms with Crippen molar-refractivity contribution >= 4 is 27.3 Å². The molecule has 19 heavy (non-hydrogen) atoms. The molecule has 0 aliphatic rings. The lowest BCUT2D eigenvalue weighted by atomic mass is 10.2. The smallest absolute Gasteiger partial charge is 0.232 e. The zero-order valence-corrected chi connectivity index (χ0v) is 11.7. The van der Waals surface area contributed by atoms with Gasteiger partial charge in [0.05, 0.1) is 11.4 Å². The van der Waals surface area contributed by atoms with E-state index in [1.807, 2.05) is 0 Å². The van der Waals surface area contributed by atoms with Crippen LogP contribution in [0.25, 0.3) is 0 Å². The molecular weight excluding hydrogens is 266 g/mol. The summed E-state index contributed by atoms with van der Waals surface area (Å²) >= 11 is 0. The second-order valence-corrected chi connectivity index (χ2v) is 5.93. The van der Waals surface area contributed by atoms with Crippen LogP contribution in [0.2, 0.25) is 0 Å². The minimum atomic E-state index is -3.32. The Morgan fingerprint density at radius 1 is 1.32 bits per heavy atom. The number of hydrogen-bond donors (Lipinski definition) is 3. The highest BCUT2D eigenvalue weighted by molar-refractivity contribution is 7.92. The van der Waals surface area contributed by atoms with Gasteiger partial charge in [-0.2, -0.15) is 0 Å². The number of benzene rings is 1. The Morgan fingerprint density at radius 2 is 2.00 bits per heavy atom. The van der Waals surface area contributed by atoms with Crippen LogP contribution in [0, 0.1) is 0 Å². The fourth-order valence-corrected chi connectivity index (χ4v) is 2.64. The third-order valence-electron chi connectivity index (χ3n) is 2.26. The van der Waals surface area contributed by atoms with Crippen LogP contribution < -0.4 is 15.8 Å². The molecule has 0 saturated heterocycles. The summed E-state index contributed by atoms with van der Waals surface area (Å²) in [5.41, 5.74) is 6.24. The van der Waals surface area contributed by atoms with Gasteiger partial charge in [-0.05, 0) is 24.6 Å². The van der Waals surface area contributed by atoms with Gasteiger partial charge >= 0.3 is 0 Å². The molecule has 4 N–H and O–H groups in total. The standard InChI is InChI=1S/C12H19N3O3S/c1-2-8-19(17,18)15-11-5-3-4-10(9-11)14-12(16)6-7-13/h3-5,9,15H,2,6-8,13H2,1H3,(H,14,16). The molecule has 0 unspecified atom stereocenters. The molecule has 0 aliphatic carbocycles. The van der Waals surface area contributed by atoms with Crippen molar-refractivity contribution in [2.75, 3.05) is 22.3 Å². The van der Waals surface area contributed by atoms with Crippen molar-refractivity contribution in [1.82, 2.24) is 0 Å². The van der Waals surface area contributed by atoms with Crippen LogP contribution in [0.3, 0.4) is 0 Å². The molecule has 106 valence electrons. The summed E-state index contributed by atoms with van der Waals surface area (Å²) in [6, 6.07) is 6.56. The van der Waals surface area contributed by atoms with E-state index in [-0.39, 0.29) is 24.6 Å². The first kappa shape index (κ1) is 15.5. The third-order valence-corrected chi connectivity index (χ3v) is 3.76. The van der Waals surface area contributed by atoms with E-state index >= 15 is 0 Å². The molecule has 0 fully saturated rings. The van der Waals surface area contributed by atoms with Gasteiger partial charge in [-0.1, -0.05) is 13.0 Å². The van der Waals surface area contributed by atoms with E-state index in [1.165, 1.54) is 0 Å². The zero-order valence-electron chi connectivity index (χ0n) is 10.8. The first-order valence-corrected chi connectivity index (χ1v) is 7.72. The van der Waals surface area contributed by atoms with E-state index in [1.54, 1.807) is 31.2 Å². The second kappa shape index (κ2) is 7.10. The van der Waals surface area contributed by atoms with Gasteiger partial charge in [-0.25, -0.2) is 8.42 Å². The van der Waals surface area contributed by atoms with Crippen molar-refractivity contribution < 1.29 is 13.2 Å². The molecule has 0 radical (unpaired) electrons. The fourth-order valence-electron chi connectivity index (χ4n) is 1.51. The number of sulfonamides is 1. The van der Waals surface area contributed by atoms with E-state index in [4.69, 9.17) is 5.73 Å². The summed E-state index contributed by atoms with van der Waals surface area (Å²) in [6.45, 7) is 2.07. The summed E-state index contributed by atoms with van der Waals surface area (Å²) in [5.74, 6) is -0.132. The van der Waals surface area contributed by atoms with Crippen molar-refractivity contribution in [2.24, 2.45) is 5.73 Å². The molecule has 7 heteroatoms. The van der Waals surface area contributed by atoms with Crippen LogP contribution >= 0.6 is 0 Å². The van der Waals surface area contributed by atoms with Crippen molar-refractivity contribution in [3.05, 3.63) is 24.3 Å². The van der Waals surface area contributed by atoms with Crippen LogP contribution in [0.1, 0.15) is 19.8 Å². The lowest BCUT2D eigenvalue weighted by Gasteiger charge is -2.09. The van der Waals surface area contributed by atoms with E-state index in [0.29, 0.717) is 17.8 Å². The molecular formula is C12H19N3O3S. The maximum atomic E-state index is 11.6. The number of amides is 1. The molecule has 0 spiro atoms. The molecule has 0 atom stereocenters. The van der Waals surface area contributed by atoms with Gasteiger partial charge in [0.2, 0.25) is 15.9 Å². The highest BCUT2D eigenvalue weighted by Gasteiger charge is 2.09. The maximum Gasteiger partial charge on any atom is 0.232 e. The number of hydrogen-bond acceptors (Lipinski definition) is 4. The first-order valence-electron chi connectivity index (χ1n) is 6.07. The molecule has 0 aliphatic heterocycles. The van der Waals surface area contributed by atoms with E-state index in [0.717, 1.165) is 0 Å². The Bertz CT molecular complexity index is 529. The average Bonchev–Trinajstić information content (AvgIpc) is 2.28. The monoisotopic (exact) mass is 285 g/mol. The van der Waals surface area contributed by atoms with Gasteiger partial charge in [0.25, 0.3) is 0 Å². The Hall–Kier alpha value is -1.60. The molecule has 0 bridgehead atoms. The maximum absolute atomic E-state index is 11.6. The molecule has 1 aromatic carbocycles. The van der Waals surface area contributed by atoms with Gasteiger partial charge in [-0.3, -0.25) is 9.52 Å². The van der Waals surface area contributed by atoms with Crippen LogP contribution in [0.5, 0.6) is 0 Å². The zero-order chi connectivity index (χ0) is 14.3. The Morgan fingerprint density at radius 3 is 2.63 bits per heavy atom. The predicted octanol–water partition coefficient (Wildman–Crippen LogP) is 1.13. The van der Waals surface area contributed by atoms with Crippen LogP contribution in [0.4, 0.5) is 11.4 Å². The number of anilines is 2. The van der Waals surface area contributed by atoms with Crippen molar-refractivity contribution in [1.29, 1.82) is 0 Å². The van der Waals surface area contributed by atoms with Gasteiger partial charge in [0.1, 0.15) is 0 Å². The predicted molar refractivity (Wildman–Crippen MR) is 76.4 cm³/mol. The summed E-state index contributed by atoms with van der Waals surface area (Å²) in [5, 5.41) is 2.65. The quantitative estimate of drug-likeness (QED) is 0.699. The average molecular weight is 285 g/mol. The van der Waals surface area contributed by atoms with E-state index < -0.39 is 10.0 Å².